The van der Waals surface area contributed by atoms with E-state index in [1.165, 1.54) is 5.56 Å². The fourth-order valence-corrected chi connectivity index (χ4v) is 2.77. The van der Waals surface area contributed by atoms with Crippen LogP contribution in [0, 0.1) is 0 Å². The van der Waals surface area contributed by atoms with Crippen molar-refractivity contribution in [3.05, 3.63) is 77.4 Å². The van der Waals surface area contributed by atoms with Crippen molar-refractivity contribution in [3.63, 3.8) is 0 Å². The number of nitrogens with zero attached hydrogens (tertiary/aromatic N) is 3. The molecule has 0 saturated carbocycles. The minimum Gasteiger partial charge on any atom is -0.354 e. The number of nitrogens with one attached hydrogen (secondary N) is 1. The Morgan fingerprint density at radius 1 is 1.00 bits per heavy atom. The van der Waals surface area contributed by atoms with Crippen molar-refractivity contribution in [2.24, 2.45) is 0 Å². The maximum atomic E-state index is 5.91. The minimum absolute atomic E-state index is 0.640. The van der Waals surface area contributed by atoms with Crippen LogP contribution in [0.15, 0.2) is 66.9 Å². The maximum Gasteiger partial charge on any atom is 0.224 e. The van der Waals surface area contributed by atoms with Gasteiger partial charge < -0.3 is 10.2 Å². The van der Waals surface area contributed by atoms with Gasteiger partial charge in [0.25, 0.3) is 0 Å². The summed E-state index contributed by atoms with van der Waals surface area (Å²) in [4.78, 5) is 11.1. The highest BCUT2D eigenvalue weighted by Gasteiger charge is 2.09. The molecule has 0 fully saturated rings. The number of aromatic nitrogens is 2. The molecule has 4 nitrogen and oxygen atoms in total. The van der Waals surface area contributed by atoms with Crippen LogP contribution in [0.25, 0.3) is 0 Å². The summed E-state index contributed by atoms with van der Waals surface area (Å²) in [7, 11) is 0. The average Bonchev–Trinajstić information content (AvgIpc) is 2.65. The van der Waals surface area contributed by atoms with Gasteiger partial charge in [0.1, 0.15) is 5.82 Å². The van der Waals surface area contributed by atoms with Gasteiger partial charge in [-0.3, -0.25) is 0 Å². The SMILES string of the molecule is CCN(c1ccccc1)c1ccnc(NCCc2ccc(Cl)cc2)n1. The summed E-state index contributed by atoms with van der Waals surface area (Å²) in [5.74, 6) is 1.53. The van der Waals surface area contributed by atoms with Gasteiger partial charge in [-0.1, -0.05) is 41.9 Å². The summed E-state index contributed by atoms with van der Waals surface area (Å²) in [6.07, 6.45) is 2.68. The standard InChI is InChI=1S/C20H21ClN4/c1-2-25(18-6-4-3-5-7-18)19-13-15-23-20(24-19)22-14-12-16-8-10-17(21)11-9-16/h3-11,13,15H,2,12,14H2,1H3,(H,22,23,24). The normalized spacial score (nSPS) is 10.5. The van der Waals surface area contributed by atoms with Crippen molar-refractivity contribution in [3.8, 4) is 0 Å². The lowest BCUT2D eigenvalue weighted by atomic mass is 10.1. The molecule has 0 saturated heterocycles. The molecule has 2 aromatic carbocycles. The van der Waals surface area contributed by atoms with Gasteiger partial charge in [-0.05, 0) is 49.2 Å². The van der Waals surface area contributed by atoms with Gasteiger partial charge >= 0.3 is 0 Å². The number of benzene rings is 2. The average molecular weight is 353 g/mol. The fraction of sp³-hybridized carbons (Fsp3) is 0.200. The van der Waals surface area contributed by atoms with Gasteiger partial charge in [0, 0.05) is 30.0 Å². The molecule has 0 aliphatic rings. The second kappa shape index (κ2) is 8.49. The third-order valence-corrected chi connectivity index (χ3v) is 4.16. The monoisotopic (exact) mass is 352 g/mol. The Morgan fingerprint density at radius 3 is 2.48 bits per heavy atom. The molecule has 1 aromatic heterocycles. The van der Waals surface area contributed by atoms with Crippen molar-refractivity contribution in [1.29, 1.82) is 0 Å². The molecule has 25 heavy (non-hydrogen) atoms. The molecular formula is C20H21ClN4. The van der Waals surface area contributed by atoms with Crippen LogP contribution in [0.5, 0.6) is 0 Å². The molecule has 5 heteroatoms. The first-order valence-electron chi connectivity index (χ1n) is 8.40. The molecule has 128 valence electrons. The quantitative estimate of drug-likeness (QED) is 0.653. The Labute approximate surface area is 153 Å². The molecular weight excluding hydrogens is 332 g/mol. The van der Waals surface area contributed by atoms with Crippen LogP contribution in [0.2, 0.25) is 5.02 Å². The fourth-order valence-electron chi connectivity index (χ4n) is 2.64. The zero-order valence-electron chi connectivity index (χ0n) is 14.2. The van der Waals surface area contributed by atoms with E-state index in [1.807, 2.05) is 48.5 Å². The molecule has 0 spiro atoms. The first-order valence-corrected chi connectivity index (χ1v) is 8.78. The predicted molar refractivity (Wildman–Crippen MR) is 105 cm³/mol. The Morgan fingerprint density at radius 2 is 1.76 bits per heavy atom. The topological polar surface area (TPSA) is 41.1 Å². The van der Waals surface area contributed by atoms with Gasteiger partial charge in [0.05, 0.1) is 0 Å². The summed E-state index contributed by atoms with van der Waals surface area (Å²) >= 11 is 5.91. The molecule has 0 unspecified atom stereocenters. The van der Waals surface area contributed by atoms with Gasteiger partial charge in [-0.25, -0.2) is 4.98 Å². The largest absolute Gasteiger partial charge is 0.354 e. The van der Waals surface area contributed by atoms with Crippen molar-refractivity contribution >= 4 is 29.1 Å². The summed E-state index contributed by atoms with van der Waals surface area (Å²) in [5.41, 5.74) is 2.35. The van der Waals surface area contributed by atoms with Crippen molar-refractivity contribution in [2.45, 2.75) is 13.3 Å². The van der Waals surface area contributed by atoms with Gasteiger partial charge in [-0.15, -0.1) is 0 Å². The van der Waals surface area contributed by atoms with Gasteiger partial charge in [0.2, 0.25) is 5.95 Å². The van der Waals surface area contributed by atoms with Crippen molar-refractivity contribution < 1.29 is 0 Å². The molecule has 1 N–H and O–H groups in total. The van der Waals surface area contributed by atoms with E-state index in [-0.39, 0.29) is 0 Å². The van der Waals surface area contributed by atoms with E-state index in [0.29, 0.717) is 5.95 Å². The highest BCUT2D eigenvalue weighted by molar-refractivity contribution is 6.30. The lowest BCUT2D eigenvalue weighted by Crippen LogP contribution is -2.18. The first kappa shape index (κ1) is 17.2. The number of hydrogen-bond donors (Lipinski definition) is 1. The molecule has 0 aliphatic heterocycles. The maximum absolute atomic E-state index is 5.91. The molecule has 0 radical (unpaired) electrons. The van der Waals surface area contributed by atoms with Crippen LogP contribution in [0.1, 0.15) is 12.5 Å². The summed E-state index contributed by atoms with van der Waals surface area (Å²) in [6, 6.07) is 20.1. The number of hydrogen-bond acceptors (Lipinski definition) is 4. The Balaban J connectivity index is 1.65. The lowest BCUT2D eigenvalue weighted by molar-refractivity contribution is 0.951. The van der Waals surface area contributed by atoms with Crippen molar-refractivity contribution in [1.82, 2.24) is 9.97 Å². The smallest absolute Gasteiger partial charge is 0.224 e. The molecule has 0 aliphatic carbocycles. The minimum atomic E-state index is 0.640. The third kappa shape index (κ3) is 4.70. The lowest BCUT2D eigenvalue weighted by Gasteiger charge is -2.22. The van der Waals surface area contributed by atoms with E-state index in [1.54, 1.807) is 6.20 Å². The van der Waals surface area contributed by atoms with Crippen LogP contribution >= 0.6 is 11.6 Å². The van der Waals surface area contributed by atoms with Gasteiger partial charge in [-0.2, -0.15) is 4.98 Å². The Bertz CT molecular complexity index is 790. The molecule has 3 rings (SSSR count). The van der Waals surface area contributed by atoms with Crippen LogP contribution in [-0.4, -0.2) is 23.1 Å². The van der Waals surface area contributed by atoms with Crippen molar-refractivity contribution in [2.75, 3.05) is 23.3 Å². The van der Waals surface area contributed by atoms with Crippen LogP contribution < -0.4 is 10.2 Å². The zero-order chi connectivity index (χ0) is 17.5. The van der Waals surface area contributed by atoms with Crippen LogP contribution in [-0.2, 0) is 6.42 Å². The van der Waals surface area contributed by atoms with Crippen LogP contribution in [0.4, 0.5) is 17.5 Å². The first-order chi connectivity index (χ1) is 12.3. The highest BCUT2D eigenvalue weighted by Crippen LogP contribution is 2.23. The van der Waals surface area contributed by atoms with Gasteiger partial charge in [0.15, 0.2) is 0 Å². The number of rotatable bonds is 7. The molecule has 0 bridgehead atoms. The van der Waals surface area contributed by atoms with E-state index >= 15 is 0 Å². The third-order valence-electron chi connectivity index (χ3n) is 3.91. The summed E-state index contributed by atoms with van der Waals surface area (Å²) in [6.45, 7) is 3.72. The van der Waals surface area contributed by atoms with E-state index in [0.717, 1.165) is 36.0 Å². The number of anilines is 3. The summed E-state index contributed by atoms with van der Waals surface area (Å²) < 4.78 is 0. The van der Waals surface area contributed by atoms with E-state index < -0.39 is 0 Å². The molecule has 1 heterocycles. The predicted octanol–water partition coefficient (Wildman–Crippen LogP) is 4.94. The molecule has 0 amide bonds. The summed E-state index contributed by atoms with van der Waals surface area (Å²) in [5, 5.41) is 4.05. The Kier molecular flexibility index (Phi) is 5.86. The molecule has 0 atom stereocenters. The highest BCUT2D eigenvalue weighted by atomic mass is 35.5. The van der Waals surface area contributed by atoms with E-state index in [4.69, 9.17) is 11.6 Å². The zero-order valence-corrected chi connectivity index (χ0v) is 14.9. The number of halogens is 1. The molecule has 3 aromatic rings. The Hall–Kier alpha value is -2.59. The second-order valence-corrected chi connectivity index (χ2v) is 6.06. The van der Waals surface area contributed by atoms with E-state index in [2.05, 4.69) is 39.2 Å². The van der Waals surface area contributed by atoms with E-state index in [9.17, 15) is 0 Å². The second-order valence-electron chi connectivity index (χ2n) is 5.62. The van der Waals surface area contributed by atoms with Crippen LogP contribution in [0.3, 0.4) is 0 Å². The number of para-hydroxylation sites is 1.